The molecule has 0 radical (unpaired) electrons. The van der Waals surface area contributed by atoms with Gasteiger partial charge in [0.25, 0.3) is 0 Å². The van der Waals surface area contributed by atoms with Gasteiger partial charge in [0.2, 0.25) is 11.5 Å². The van der Waals surface area contributed by atoms with Crippen molar-refractivity contribution in [2.45, 2.75) is 39.5 Å². The zero-order valence-corrected chi connectivity index (χ0v) is 14.6. The number of benzene rings is 1. The van der Waals surface area contributed by atoms with Crippen molar-refractivity contribution in [3.63, 3.8) is 0 Å². The number of fused-ring (bicyclic) bond motifs is 1. The summed E-state index contributed by atoms with van der Waals surface area (Å²) < 4.78 is 19.8. The number of imidazole rings is 1. The smallest absolute Gasteiger partial charge is 0.237 e. The van der Waals surface area contributed by atoms with E-state index in [0.29, 0.717) is 34.9 Å². The van der Waals surface area contributed by atoms with Crippen LogP contribution in [0.2, 0.25) is 0 Å². The molecule has 5 nitrogen and oxygen atoms in total. The second-order valence-electron chi connectivity index (χ2n) is 6.91. The van der Waals surface area contributed by atoms with Gasteiger partial charge in [-0.05, 0) is 29.5 Å². The molecule has 0 saturated heterocycles. The molecule has 0 aliphatic heterocycles. The quantitative estimate of drug-likeness (QED) is 0.796. The number of nitrogens with zero attached hydrogens (tertiary/aromatic N) is 3. The minimum absolute atomic E-state index is 0.0940. The van der Waals surface area contributed by atoms with E-state index in [1.165, 1.54) is 7.11 Å². The van der Waals surface area contributed by atoms with E-state index < -0.39 is 0 Å². The van der Waals surface area contributed by atoms with Crippen molar-refractivity contribution in [3.05, 3.63) is 46.7 Å². The maximum atomic E-state index is 14.5. The number of ether oxygens (including phenoxy) is 1. The van der Waals surface area contributed by atoms with Crippen LogP contribution in [0.4, 0.5) is 4.39 Å². The number of hydrogen-bond donors (Lipinski definition) is 1. The van der Waals surface area contributed by atoms with Crippen molar-refractivity contribution in [2.24, 2.45) is 0 Å². The lowest BCUT2D eigenvalue weighted by Crippen LogP contribution is -2.12. The third kappa shape index (κ3) is 3.09. The van der Waals surface area contributed by atoms with Crippen LogP contribution in [0.5, 0.6) is 5.88 Å². The average Bonchev–Trinajstić information content (AvgIpc) is 2.86. The molecule has 2 heterocycles. The normalized spacial score (nSPS) is 11.9. The summed E-state index contributed by atoms with van der Waals surface area (Å²) in [6.45, 7) is 8.01. The van der Waals surface area contributed by atoms with Crippen LogP contribution in [0.1, 0.15) is 43.4 Å². The van der Waals surface area contributed by atoms with E-state index in [0.717, 1.165) is 11.4 Å². The van der Waals surface area contributed by atoms with E-state index in [4.69, 9.17) is 4.74 Å². The van der Waals surface area contributed by atoms with Gasteiger partial charge in [-0.15, -0.1) is 0 Å². The zero-order chi connectivity index (χ0) is 17.5. The number of aryl methyl sites for hydroxylation is 1. The van der Waals surface area contributed by atoms with Crippen LogP contribution in [-0.4, -0.2) is 27.0 Å². The summed E-state index contributed by atoms with van der Waals surface area (Å²) in [4.78, 5) is 16.1. The van der Waals surface area contributed by atoms with Gasteiger partial charge in [0, 0.05) is 6.42 Å². The molecule has 0 saturated carbocycles. The van der Waals surface area contributed by atoms with Crippen molar-refractivity contribution in [1.29, 1.82) is 0 Å². The van der Waals surface area contributed by atoms with Crippen molar-refractivity contribution in [2.75, 3.05) is 7.11 Å². The first kappa shape index (κ1) is 16.4. The number of hydrogen-bond acceptors (Lipinski definition) is 4. The molecule has 0 spiro atoms. The predicted molar refractivity (Wildman–Crippen MR) is 90.9 cm³/mol. The molecule has 0 atom stereocenters. The molecule has 1 aromatic carbocycles. The molecule has 0 aliphatic rings. The lowest BCUT2D eigenvalue weighted by atomic mass is 9.86. The summed E-state index contributed by atoms with van der Waals surface area (Å²) >= 11 is 0. The molecular weight excluding hydrogens is 307 g/mol. The van der Waals surface area contributed by atoms with Crippen LogP contribution in [0.3, 0.4) is 0 Å². The lowest BCUT2D eigenvalue weighted by molar-refractivity contribution is 0.392. The largest absolute Gasteiger partial charge is 0.480 e. The monoisotopic (exact) mass is 328 g/mol. The summed E-state index contributed by atoms with van der Waals surface area (Å²) in [6, 6.07) is 5.35. The Balaban J connectivity index is 2.00. The molecule has 2 aromatic heterocycles. The molecule has 0 bridgehead atoms. The number of aromatic amines is 1. The third-order valence-corrected chi connectivity index (χ3v) is 3.96. The lowest BCUT2D eigenvalue weighted by Gasteiger charge is -2.19. The number of H-pyrrole nitrogens is 1. The molecule has 0 aliphatic carbocycles. The highest BCUT2D eigenvalue weighted by Gasteiger charge is 2.18. The number of halogens is 1. The van der Waals surface area contributed by atoms with Crippen molar-refractivity contribution < 1.29 is 9.13 Å². The number of nitrogens with one attached hydrogen (secondary N) is 1. The Kier molecular flexibility index (Phi) is 3.99. The van der Waals surface area contributed by atoms with Crippen LogP contribution < -0.4 is 4.74 Å². The molecular formula is C18H21FN4O. The minimum Gasteiger partial charge on any atom is -0.480 e. The highest BCUT2D eigenvalue weighted by atomic mass is 19.1. The topological polar surface area (TPSA) is 63.7 Å². The minimum atomic E-state index is -0.243. The van der Waals surface area contributed by atoms with Gasteiger partial charge in [-0.3, -0.25) is 0 Å². The third-order valence-electron chi connectivity index (χ3n) is 3.96. The Morgan fingerprint density at radius 1 is 1.17 bits per heavy atom. The van der Waals surface area contributed by atoms with E-state index in [9.17, 15) is 4.39 Å². The van der Waals surface area contributed by atoms with Crippen LogP contribution in [0.25, 0.3) is 11.3 Å². The van der Waals surface area contributed by atoms with Crippen molar-refractivity contribution in [1.82, 2.24) is 19.9 Å². The fourth-order valence-electron chi connectivity index (χ4n) is 2.58. The number of aromatic nitrogens is 4. The maximum Gasteiger partial charge on any atom is 0.237 e. The molecule has 3 aromatic rings. The SMILES string of the molecule is COc1nc2nc(C)[nH]c2nc1Cc1ccc(C(C)(C)C)cc1F. The average molecular weight is 328 g/mol. The van der Waals surface area contributed by atoms with Crippen LogP contribution in [0, 0.1) is 12.7 Å². The Hall–Kier alpha value is -2.50. The van der Waals surface area contributed by atoms with Gasteiger partial charge in [-0.25, -0.2) is 14.4 Å². The molecule has 3 rings (SSSR count). The van der Waals surface area contributed by atoms with Gasteiger partial charge in [-0.1, -0.05) is 32.9 Å². The van der Waals surface area contributed by atoms with Gasteiger partial charge >= 0.3 is 0 Å². The second kappa shape index (κ2) is 5.85. The Labute approximate surface area is 140 Å². The van der Waals surface area contributed by atoms with E-state index in [1.807, 2.05) is 13.0 Å². The highest BCUT2D eigenvalue weighted by Crippen LogP contribution is 2.26. The Bertz CT molecular complexity index is 896. The molecule has 24 heavy (non-hydrogen) atoms. The molecule has 126 valence electrons. The van der Waals surface area contributed by atoms with Crippen LogP contribution in [0.15, 0.2) is 18.2 Å². The van der Waals surface area contributed by atoms with Gasteiger partial charge < -0.3 is 9.72 Å². The highest BCUT2D eigenvalue weighted by molar-refractivity contribution is 5.66. The summed E-state index contributed by atoms with van der Waals surface area (Å²) in [5, 5.41) is 0. The van der Waals surface area contributed by atoms with Gasteiger partial charge in [0.1, 0.15) is 17.3 Å². The zero-order valence-electron chi connectivity index (χ0n) is 14.6. The van der Waals surface area contributed by atoms with E-state index in [-0.39, 0.29) is 11.2 Å². The van der Waals surface area contributed by atoms with E-state index >= 15 is 0 Å². The van der Waals surface area contributed by atoms with Crippen LogP contribution >= 0.6 is 0 Å². The number of rotatable bonds is 3. The maximum absolute atomic E-state index is 14.5. The predicted octanol–water partition coefficient (Wildman–Crippen LogP) is 3.70. The molecule has 1 N–H and O–H groups in total. The van der Waals surface area contributed by atoms with E-state index in [1.54, 1.807) is 12.1 Å². The molecule has 6 heteroatoms. The first-order chi connectivity index (χ1) is 11.3. The van der Waals surface area contributed by atoms with Crippen LogP contribution in [-0.2, 0) is 11.8 Å². The first-order valence-electron chi connectivity index (χ1n) is 7.84. The molecule has 0 fully saturated rings. The fourth-order valence-corrected chi connectivity index (χ4v) is 2.58. The summed E-state index contributed by atoms with van der Waals surface area (Å²) in [5.41, 5.74) is 3.08. The van der Waals surface area contributed by atoms with Gasteiger partial charge in [-0.2, -0.15) is 4.98 Å². The Morgan fingerprint density at radius 3 is 2.54 bits per heavy atom. The first-order valence-corrected chi connectivity index (χ1v) is 7.84. The molecule has 0 amide bonds. The van der Waals surface area contributed by atoms with Crippen molar-refractivity contribution >= 4 is 11.3 Å². The number of methoxy groups -OCH3 is 1. The molecule has 0 unspecified atom stereocenters. The second-order valence-corrected chi connectivity index (χ2v) is 6.91. The summed E-state index contributed by atoms with van der Waals surface area (Å²) in [5.74, 6) is 0.852. The fraction of sp³-hybridized carbons (Fsp3) is 0.389. The van der Waals surface area contributed by atoms with Gasteiger partial charge in [0.05, 0.1) is 7.11 Å². The summed E-state index contributed by atoms with van der Waals surface area (Å²) in [6.07, 6.45) is 0.306. The standard InChI is InChI=1S/C18H21FN4O/c1-10-20-15-16(21-10)23-17(24-5)14(22-15)8-11-6-7-12(9-13(11)19)18(2,3)4/h6-7,9H,8H2,1-5H3,(H,20,21,22,23). The van der Waals surface area contributed by atoms with E-state index in [2.05, 4.69) is 40.7 Å². The van der Waals surface area contributed by atoms with Gasteiger partial charge in [0.15, 0.2) is 5.65 Å². The van der Waals surface area contributed by atoms with Crippen molar-refractivity contribution in [3.8, 4) is 5.88 Å². The Morgan fingerprint density at radius 2 is 1.92 bits per heavy atom. The summed E-state index contributed by atoms with van der Waals surface area (Å²) in [7, 11) is 1.53.